The van der Waals surface area contributed by atoms with Gasteiger partial charge in [0.25, 0.3) is 0 Å². The highest BCUT2D eigenvalue weighted by molar-refractivity contribution is 7.92. The molecule has 18 heteroatoms. The first-order valence-electron chi connectivity index (χ1n) is 10.1. The fourth-order valence-corrected chi connectivity index (χ4v) is 7.20. The number of anilines is 1. The topological polar surface area (TPSA) is 266 Å². The Balaban J connectivity index is 0.00000121. The van der Waals surface area contributed by atoms with Crippen LogP contribution in [0.1, 0.15) is 13.8 Å². The summed E-state index contributed by atoms with van der Waals surface area (Å²) in [6.45, 7) is 2.58. The number of H-pyrrole nitrogens is 1. The van der Waals surface area contributed by atoms with E-state index in [0.717, 1.165) is 10.8 Å². The van der Waals surface area contributed by atoms with Crippen LogP contribution in [0.2, 0.25) is 0 Å². The van der Waals surface area contributed by atoms with E-state index in [2.05, 4.69) is 30.3 Å². The van der Waals surface area contributed by atoms with E-state index in [1.807, 2.05) is 0 Å². The van der Waals surface area contributed by atoms with Gasteiger partial charge in [-0.1, -0.05) is 29.5 Å². The zero-order valence-electron chi connectivity index (χ0n) is 19.4. The molecule has 0 atom stereocenters. The molecular weight excluding hydrogens is 546 g/mol. The molecular formula is C19H22N9O6S3-. The molecule has 0 aliphatic rings. The van der Waals surface area contributed by atoms with Crippen molar-refractivity contribution < 1.29 is 26.7 Å². The third-order valence-corrected chi connectivity index (χ3v) is 8.62. The minimum atomic E-state index is -4.63. The number of thiazole rings is 1. The van der Waals surface area contributed by atoms with Crippen molar-refractivity contribution in [2.24, 2.45) is 10.9 Å². The van der Waals surface area contributed by atoms with Crippen LogP contribution in [0.4, 0.5) is 5.13 Å². The van der Waals surface area contributed by atoms with Crippen molar-refractivity contribution in [2.45, 2.75) is 29.2 Å². The van der Waals surface area contributed by atoms with E-state index in [9.17, 15) is 16.8 Å². The molecule has 2 aromatic carbocycles. The summed E-state index contributed by atoms with van der Waals surface area (Å²) in [6, 6.07) is 7.83. The van der Waals surface area contributed by atoms with Crippen molar-refractivity contribution in [1.82, 2.24) is 30.3 Å². The quantitative estimate of drug-likeness (QED) is 0.164. The number of sulfonamides is 2. The SMILES string of the molecule is CC(C)(CN)NS(=O)(=O)c1ccc(-c2cccc3sc(N)nc23)c(-c2nn[nH]n2)c1S(N)(=O)=O.O=C[O-]. The molecule has 0 saturated heterocycles. The number of para-hydroxylation sites is 1. The molecule has 15 nitrogen and oxygen atoms in total. The lowest BCUT2D eigenvalue weighted by Gasteiger charge is -2.25. The molecule has 0 unspecified atom stereocenters. The summed E-state index contributed by atoms with van der Waals surface area (Å²) in [5.74, 6) is -0.172. The third kappa shape index (κ3) is 5.89. The average Bonchev–Trinajstić information content (AvgIpc) is 3.46. The Labute approximate surface area is 215 Å². The number of carbonyl (C=O) groups is 1. The first-order valence-corrected chi connectivity index (χ1v) is 14.0. The highest BCUT2D eigenvalue weighted by Crippen LogP contribution is 2.42. The van der Waals surface area contributed by atoms with E-state index in [4.69, 9.17) is 26.5 Å². The molecule has 37 heavy (non-hydrogen) atoms. The van der Waals surface area contributed by atoms with Gasteiger partial charge in [0.05, 0.1) is 15.8 Å². The number of nitrogen functional groups attached to an aromatic ring is 1. The number of rotatable bonds is 7. The molecule has 8 N–H and O–H groups in total. The first kappa shape index (κ1) is 28.0. The Bertz CT molecular complexity index is 1650. The van der Waals surface area contributed by atoms with Crippen LogP contribution < -0.4 is 26.4 Å². The Hall–Kier alpha value is -3.55. The number of tetrazole rings is 1. The third-order valence-electron chi connectivity index (χ3n) is 4.91. The number of aromatic amines is 1. The number of primary sulfonamides is 1. The van der Waals surface area contributed by atoms with Gasteiger partial charge >= 0.3 is 0 Å². The van der Waals surface area contributed by atoms with Crippen molar-refractivity contribution >= 4 is 53.2 Å². The highest BCUT2D eigenvalue weighted by atomic mass is 32.2. The first-order chi connectivity index (χ1) is 17.3. The number of hydrogen-bond donors (Lipinski definition) is 5. The molecule has 0 radical (unpaired) electrons. The van der Waals surface area contributed by atoms with E-state index < -0.39 is 41.8 Å². The lowest BCUT2D eigenvalue weighted by atomic mass is 9.98. The number of aromatic nitrogens is 5. The molecule has 0 bridgehead atoms. The molecule has 4 rings (SSSR count). The molecule has 0 aliphatic carbocycles. The Kier molecular flexibility index (Phi) is 7.91. The maximum Gasteiger partial charge on any atom is 0.242 e. The summed E-state index contributed by atoms with van der Waals surface area (Å²) in [5, 5.41) is 27.7. The zero-order chi connectivity index (χ0) is 27.6. The lowest BCUT2D eigenvalue weighted by molar-refractivity contribution is -0.283. The maximum absolute atomic E-state index is 13.3. The van der Waals surface area contributed by atoms with Gasteiger partial charge < -0.3 is 21.4 Å². The van der Waals surface area contributed by atoms with Gasteiger partial charge in [-0.2, -0.15) is 5.21 Å². The number of nitrogens with zero attached hydrogens (tertiary/aromatic N) is 4. The van der Waals surface area contributed by atoms with Crippen LogP contribution in [-0.2, 0) is 24.8 Å². The van der Waals surface area contributed by atoms with Gasteiger partial charge in [0.15, 0.2) is 5.13 Å². The van der Waals surface area contributed by atoms with Gasteiger partial charge in [-0.05, 0) is 36.8 Å². The number of nitrogens with two attached hydrogens (primary N) is 3. The Morgan fingerprint density at radius 1 is 1.16 bits per heavy atom. The van der Waals surface area contributed by atoms with E-state index in [0.29, 0.717) is 16.2 Å². The minimum Gasteiger partial charge on any atom is -0.554 e. The summed E-state index contributed by atoms with van der Waals surface area (Å²) < 4.78 is 55.4. The van der Waals surface area contributed by atoms with Gasteiger partial charge in [0, 0.05) is 24.1 Å². The molecule has 0 saturated carbocycles. The molecule has 0 fully saturated rings. The number of carbonyl (C=O) groups excluding carboxylic acids is 1. The van der Waals surface area contributed by atoms with Crippen molar-refractivity contribution in [3.8, 4) is 22.5 Å². The fraction of sp³-hybridized carbons (Fsp3) is 0.211. The summed E-state index contributed by atoms with van der Waals surface area (Å²) in [4.78, 5) is 11.3. The molecule has 0 aliphatic heterocycles. The molecule has 4 aromatic rings. The molecule has 2 aromatic heterocycles. The van der Waals surface area contributed by atoms with E-state index >= 15 is 0 Å². The smallest absolute Gasteiger partial charge is 0.242 e. The average molecular weight is 569 g/mol. The second-order valence-electron chi connectivity index (χ2n) is 8.09. The summed E-state index contributed by atoms with van der Waals surface area (Å²) in [5.41, 5.74) is 11.6. The lowest BCUT2D eigenvalue weighted by Crippen LogP contribution is -2.49. The van der Waals surface area contributed by atoms with Crippen molar-refractivity contribution in [3.05, 3.63) is 30.3 Å². The minimum absolute atomic E-state index is 0.0417. The predicted molar refractivity (Wildman–Crippen MR) is 134 cm³/mol. The van der Waals surface area contributed by atoms with Gasteiger partial charge in [-0.25, -0.2) is 31.7 Å². The molecule has 0 spiro atoms. The maximum atomic E-state index is 13.3. The van der Waals surface area contributed by atoms with Crippen molar-refractivity contribution in [1.29, 1.82) is 0 Å². The van der Waals surface area contributed by atoms with Crippen LogP contribution in [-0.4, -0.2) is 61.0 Å². The van der Waals surface area contributed by atoms with Crippen molar-refractivity contribution in [3.63, 3.8) is 0 Å². The van der Waals surface area contributed by atoms with Crippen LogP contribution in [0.25, 0.3) is 32.7 Å². The summed E-state index contributed by atoms with van der Waals surface area (Å²) in [6.07, 6.45) is 0. The van der Waals surface area contributed by atoms with Gasteiger partial charge in [0.2, 0.25) is 25.9 Å². The van der Waals surface area contributed by atoms with Gasteiger partial charge in [0.1, 0.15) is 9.79 Å². The standard InChI is InChI=1S/C18H21N9O4S3.CH2O2/c1-18(2,8-19)25-34(30,31)12-7-6-9(10-4-3-5-11-14(10)22-17(20)32-11)13(15(12)33(21,28)29)16-23-26-27-24-16;2-1-3/h3-7,25H,8,19H2,1-2H3,(H2,20,22)(H2,21,28,29)(H,23,24,26,27);1H,(H,2,3)/p-1. The molecule has 198 valence electrons. The Morgan fingerprint density at radius 2 is 1.84 bits per heavy atom. The largest absolute Gasteiger partial charge is 0.554 e. The van der Waals surface area contributed by atoms with Gasteiger partial charge in [-0.3, -0.25) is 0 Å². The van der Waals surface area contributed by atoms with Crippen LogP contribution >= 0.6 is 11.3 Å². The predicted octanol–water partition coefficient (Wildman–Crippen LogP) is -1.25. The highest BCUT2D eigenvalue weighted by Gasteiger charge is 2.34. The molecule has 0 amide bonds. The number of carboxylic acid groups (broad SMARTS) is 1. The van der Waals surface area contributed by atoms with Crippen LogP contribution in [0.3, 0.4) is 0 Å². The van der Waals surface area contributed by atoms with Crippen molar-refractivity contribution in [2.75, 3.05) is 12.3 Å². The zero-order valence-corrected chi connectivity index (χ0v) is 21.8. The summed E-state index contributed by atoms with van der Waals surface area (Å²) in [7, 11) is -9.03. The number of fused-ring (bicyclic) bond motifs is 1. The van der Waals surface area contributed by atoms with Crippen LogP contribution in [0.15, 0.2) is 40.1 Å². The Morgan fingerprint density at radius 3 is 2.41 bits per heavy atom. The number of nitrogens with one attached hydrogen (secondary N) is 2. The van der Waals surface area contributed by atoms with Crippen LogP contribution in [0, 0.1) is 0 Å². The van der Waals surface area contributed by atoms with Gasteiger partial charge in [-0.15, -0.1) is 10.2 Å². The second-order valence-corrected chi connectivity index (χ2v) is 12.3. The fourth-order valence-electron chi connectivity index (χ4n) is 3.42. The normalized spacial score (nSPS) is 12.2. The number of benzene rings is 2. The van der Waals surface area contributed by atoms with Crippen LogP contribution in [0.5, 0.6) is 0 Å². The number of hydrogen-bond acceptors (Lipinski definition) is 13. The molecule has 2 heterocycles. The second kappa shape index (κ2) is 10.4. The van der Waals surface area contributed by atoms with E-state index in [1.165, 1.54) is 17.4 Å². The van der Waals surface area contributed by atoms with E-state index in [-0.39, 0.29) is 23.5 Å². The van der Waals surface area contributed by atoms with E-state index in [1.54, 1.807) is 32.0 Å². The summed E-state index contributed by atoms with van der Waals surface area (Å²) >= 11 is 1.25. The monoisotopic (exact) mass is 568 g/mol.